The van der Waals surface area contributed by atoms with Crippen LogP contribution in [0.2, 0.25) is 0 Å². The van der Waals surface area contributed by atoms with E-state index in [0.29, 0.717) is 0 Å². The van der Waals surface area contributed by atoms with Gasteiger partial charge >= 0.3 is 0 Å². The molecule has 18 heavy (non-hydrogen) atoms. The van der Waals surface area contributed by atoms with Gasteiger partial charge in [0.25, 0.3) is 0 Å². The quantitative estimate of drug-likeness (QED) is 0.768. The van der Waals surface area contributed by atoms with Crippen molar-refractivity contribution in [3.63, 3.8) is 0 Å². The molecule has 4 heteroatoms. The normalized spacial score (nSPS) is 11.3. The number of nitrogens with one attached hydrogen (secondary N) is 1. The van der Waals surface area contributed by atoms with Gasteiger partial charge in [-0.25, -0.2) is 9.37 Å². The summed E-state index contributed by atoms with van der Waals surface area (Å²) in [6.07, 6.45) is 3.67. The third-order valence-corrected chi connectivity index (χ3v) is 3.81. The highest BCUT2D eigenvalue weighted by Gasteiger charge is 2.04. The summed E-state index contributed by atoms with van der Waals surface area (Å²) in [7, 11) is 0. The Bertz CT molecular complexity index is 507. The summed E-state index contributed by atoms with van der Waals surface area (Å²) in [4.78, 5) is 4.43. The highest BCUT2D eigenvalue weighted by molar-refractivity contribution is 7.22. The van der Waals surface area contributed by atoms with Gasteiger partial charge < -0.3 is 5.32 Å². The second-order valence-corrected chi connectivity index (χ2v) is 5.98. The van der Waals surface area contributed by atoms with Gasteiger partial charge in [0.05, 0.1) is 10.2 Å². The van der Waals surface area contributed by atoms with Crippen molar-refractivity contribution in [2.24, 2.45) is 5.92 Å². The molecule has 0 aliphatic heterocycles. The predicted molar refractivity (Wildman–Crippen MR) is 76.8 cm³/mol. The van der Waals surface area contributed by atoms with Crippen molar-refractivity contribution in [1.82, 2.24) is 4.98 Å². The van der Waals surface area contributed by atoms with Crippen molar-refractivity contribution in [2.45, 2.75) is 33.1 Å². The lowest BCUT2D eigenvalue weighted by atomic mass is 10.1. The molecule has 2 aromatic rings. The molecule has 0 aliphatic rings. The summed E-state index contributed by atoms with van der Waals surface area (Å²) in [5.74, 6) is 0.574. The number of hydrogen-bond donors (Lipinski definition) is 1. The van der Waals surface area contributed by atoms with Gasteiger partial charge in [-0.1, -0.05) is 38.0 Å². The van der Waals surface area contributed by atoms with Crippen LogP contribution in [-0.2, 0) is 0 Å². The van der Waals surface area contributed by atoms with E-state index in [9.17, 15) is 4.39 Å². The molecule has 0 spiro atoms. The Balaban J connectivity index is 1.84. The summed E-state index contributed by atoms with van der Waals surface area (Å²) in [6.45, 7) is 5.43. The predicted octanol–water partition coefficient (Wildman–Crippen LogP) is 4.67. The summed E-state index contributed by atoms with van der Waals surface area (Å²) in [6, 6.07) is 4.72. The van der Waals surface area contributed by atoms with Crippen molar-refractivity contribution in [3.05, 3.63) is 24.0 Å². The zero-order valence-electron chi connectivity index (χ0n) is 10.9. The van der Waals surface area contributed by atoms with Crippen molar-refractivity contribution in [3.8, 4) is 0 Å². The maximum Gasteiger partial charge on any atom is 0.183 e. The van der Waals surface area contributed by atoms with Gasteiger partial charge in [-0.3, -0.25) is 0 Å². The van der Waals surface area contributed by atoms with Crippen LogP contribution in [0.3, 0.4) is 0 Å². The smallest absolute Gasteiger partial charge is 0.183 e. The van der Waals surface area contributed by atoms with E-state index in [0.717, 1.165) is 34.2 Å². The van der Waals surface area contributed by atoms with Gasteiger partial charge in [0, 0.05) is 6.54 Å². The fourth-order valence-corrected chi connectivity index (χ4v) is 2.76. The molecule has 0 bridgehead atoms. The standard InChI is InChI=1S/C14H19FN2S/c1-10(2)5-3-4-8-16-14-17-12-7-6-11(15)9-13(12)18-14/h6-7,9-10H,3-5,8H2,1-2H3,(H,16,17). The Hall–Kier alpha value is -1.16. The minimum atomic E-state index is -0.199. The van der Waals surface area contributed by atoms with Crippen molar-refractivity contribution >= 4 is 26.7 Å². The molecule has 0 saturated carbocycles. The number of nitrogens with zero attached hydrogens (tertiary/aromatic N) is 1. The van der Waals surface area contributed by atoms with Gasteiger partial charge in [-0.05, 0) is 30.5 Å². The van der Waals surface area contributed by atoms with Crippen LogP contribution >= 0.6 is 11.3 Å². The van der Waals surface area contributed by atoms with Crippen LogP contribution < -0.4 is 5.32 Å². The molecule has 0 radical (unpaired) electrons. The molecular formula is C14H19FN2S. The van der Waals surface area contributed by atoms with E-state index in [-0.39, 0.29) is 5.82 Å². The minimum absolute atomic E-state index is 0.199. The Labute approximate surface area is 111 Å². The van der Waals surface area contributed by atoms with Gasteiger partial charge in [0.1, 0.15) is 5.82 Å². The van der Waals surface area contributed by atoms with Crippen LogP contribution in [-0.4, -0.2) is 11.5 Å². The zero-order chi connectivity index (χ0) is 13.0. The van der Waals surface area contributed by atoms with Gasteiger partial charge in [-0.15, -0.1) is 0 Å². The number of thiazole rings is 1. The molecule has 98 valence electrons. The number of fused-ring (bicyclic) bond motifs is 1. The number of hydrogen-bond acceptors (Lipinski definition) is 3. The number of unbranched alkanes of at least 4 members (excludes halogenated alkanes) is 1. The molecule has 0 atom stereocenters. The molecule has 1 aromatic carbocycles. The van der Waals surface area contributed by atoms with E-state index in [1.165, 1.54) is 36.3 Å². The lowest BCUT2D eigenvalue weighted by molar-refractivity contribution is 0.545. The van der Waals surface area contributed by atoms with Gasteiger partial charge in [0.15, 0.2) is 5.13 Å². The topological polar surface area (TPSA) is 24.9 Å². The van der Waals surface area contributed by atoms with E-state index < -0.39 is 0 Å². The largest absolute Gasteiger partial charge is 0.361 e. The van der Waals surface area contributed by atoms with E-state index in [1.54, 1.807) is 6.07 Å². The molecule has 0 fully saturated rings. The molecule has 2 rings (SSSR count). The molecule has 2 nitrogen and oxygen atoms in total. The number of benzene rings is 1. The molecule has 1 N–H and O–H groups in total. The second kappa shape index (κ2) is 6.14. The summed E-state index contributed by atoms with van der Waals surface area (Å²) < 4.78 is 13.9. The number of rotatable bonds is 6. The van der Waals surface area contributed by atoms with Crippen LogP contribution in [0, 0.1) is 11.7 Å². The van der Waals surface area contributed by atoms with Gasteiger partial charge in [-0.2, -0.15) is 0 Å². The highest BCUT2D eigenvalue weighted by Crippen LogP contribution is 2.26. The van der Waals surface area contributed by atoms with Crippen LogP contribution in [0.15, 0.2) is 18.2 Å². The Morgan fingerprint density at radius 1 is 1.33 bits per heavy atom. The fourth-order valence-electron chi connectivity index (χ4n) is 1.85. The third kappa shape index (κ3) is 3.67. The summed E-state index contributed by atoms with van der Waals surface area (Å²) in [5.41, 5.74) is 0.867. The minimum Gasteiger partial charge on any atom is -0.361 e. The lowest BCUT2D eigenvalue weighted by Gasteiger charge is -2.04. The first-order valence-corrected chi connectivity index (χ1v) is 7.27. The number of anilines is 1. The Morgan fingerprint density at radius 2 is 2.17 bits per heavy atom. The summed E-state index contributed by atoms with van der Waals surface area (Å²) >= 11 is 1.51. The Kier molecular flexibility index (Phi) is 4.53. The average molecular weight is 266 g/mol. The Morgan fingerprint density at radius 3 is 2.94 bits per heavy atom. The maximum atomic E-state index is 13.0. The maximum absolute atomic E-state index is 13.0. The fraction of sp³-hybridized carbons (Fsp3) is 0.500. The highest BCUT2D eigenvalue weighted by atomic mass is 32.1. The first-order chi connectivity index (χ1) is 8.65. The SMILES string of the molecule is CC(C)CCCCNc1nc2ccc(F)cc2s1. The van der Waals surface area contributed by atoms with E-state index in [1.807, 2.05) is 0 Å². The second-order valence-electron chi connectivity index (χ2n) is 4.95. The molecule has 1 aromatic heterocycles. The zero-order valence-corrected chi connectivity index (χ0v) is 11.7. The molecule has 0 unspecified atom stereocenters. The molecule has 0 amide bonds. The first kappa shape index (κ1) is 13.3. The van der Waals surface area contributed by atoms with E-state index in [2.05, 4.69) is 24.1 Å². The monoisotopic (exact) mass is 266 g/mol. The third-order valence-electron chi connectivity index (χ3n) is 2.83. The van der Waals surface area contributed by atoms with E-state index in [4.69, 9.17) is 0 Å². The molecule has 0 aliphatic carbocycles. The summed E-state index contributed by atoms with van der Waals surface area (Å²) in [5, 5.41) is 4.20. The van der Waals surface area contributed by atoms with Crippen molar-refractivity contribution in [2.75, 3.05) is 11.9 Å². The number of aromatic nitrogens is 1. The van der Waals surface area contributed by atoms with Crippen LogP contribution in [0.1, 0.15) is 33.1 Å². The molecule has 0 saturated heterocycles. The van der Waals surface area contributed by atoms with Crippen LogP contribution in [0.4, 0.5) is 9.52 Å². The number of halogens is 1. The van der Waals surface area contributed by atoms with Crippen LogP contribution in [0.25, 0.3) is 10.2 Å². The molecule has 1 heterocycles. The first-order valence-electron chi connectivity index (χ1n) is 6.45. The van der Waals surface area contributed by atoms with Gasteiger partial charge in [0.2, 0.25) is 0 Å². The van der Waals surface area contributed by atoms with Crippen molar-refractivity contribution in [1.29, 1.82) is 0 Å². The van der Waals surface area contributed by atoms with Crippen molar-refractivity contribution < 1.29 is 4.39 Å². The average Bonchev–Trinajstić information content (AvgIpc) is 2.70. The van der Waals surface area contributed by atoms with E-state index >= 15 is 0 Å². The lowest BCUT2D eigenvalue weighted by Crippen LogP contribution is -2.01. The van der Waals surface area contributed by atoms with Crippen LogP contribution in [0.5, 0.6) is 0 Å². The molecular weight excluding hydrogens is 247 g/mol.